The van der Waals surface area contributed by atoms with Gasteiger partial charge in [-0.05, 0) is 53.9 Å². The molecule has 0 unspecified atom stereocenters. The van der Waals surface area contributed by atoms with Crippen molar-refractivity contribution in [2.75, 3.05) is 0 Å². The number of ketones is 1. The number of aliphatic hydroxyl groups excluding tert-OH is 1. The molecular formula is C31H21N3O6. The summed E-state index contributed by atoms with van der Waals surface area (Å²) in [6, 6.07) is 26.7. The van der Waals surface area contributed by atoms with Crippen LogP contribution in [0.2, 0.25) is 0 Å². The first-order chi connectivity index (χ1) is 19.3. The van der Waals surface area contributed by atoms with Crippen LogP contribution < -0.4 is 0 Å². The molecule has 0 amide bonds. The number of hydrogen-bond acceptors (Lipinski definition) is 7. The van der Waals surface area contributed by atoms with Crippen LogP contribution in [0.5, 0.6) is 11.5 Å². The summed E-state index contributed by atoms with van der Waals surface area (Å²) in [6.07, 6.45) is 0. The van der Waals surface area contributed by atoms with Gasteiger partial charge in [0.05, 0.1) is 11.3 Å². The number of phenols is 2. The standard InChI is InChI=1S/C31H21N3O6/c35-25-15-14-20(29(37)21-10-4-5-11-22(21)31(39)40)17-24(25)33-34-28-26(36)16-13-18-9-6-12-23(27(18)28)32-30(38)19-7-2-1-3-8-19/h1-17,35-36H,(H,32,38)(H,39,40). The Morgan fingerprint density at radius 1 is 0.600 bits per heavy atom. The van der Waals surface area contributed by atoms with E-state index in [1.807, 2.05) is 6.07 Å². The van der Waals surface area contributed by atoms with E-state index in [1.54, 1.807) is 54.6 Å². The van der Waals surface area contributed by atoms with Crippen LogP contribution >= 0.6 is 0 Å². The van der Waals surface area contributed by atoms with Gasteiger partial charge in [-0.15, -0.1) is 10.2 Å². The third-order valence-corrected chi connectivity index (χ3v) is 6.13. The van der Waals surface area contributed by atoms with Crippen LogP contribution in [-0.2, 0) is 0 Å². The zero-order chi connectivity index (χ0) is 28.2. The average Bonchev–Trinajstić information content (AvgIpc) is 2.97. The van der Waals surface area contributed by atoms with Crippen LogP contribution in [-0.4, -0.2) is 38.1 Å². The molecule has 0 aliphatic heterocycles. The highest BCUT2D eigenvalue weighted by Crippen LogP contribution is 2.42. The normalized spacial score (nSPS) is 11.7. The van der Waals surface area contributed by atoms with Gasteiger partial charge in [0.15, 0.2) is 5.78 Å². The molecule has 0 atom stereocenters. The number of nitrogens with zero attached hydrogens (tertiary/aromatic N) is 3. The Balaban J connectivity index is 1.57. The number of rotatable bonds is 7. The molecule has 4 N–H and O–H groups in total. The zero-order valence-corrected chi connectivity index (χ0v) is 20.8. The maximum Gasteiger partial charge on any atom is 0.336 e. The Morgan fingerprint density at radius 2 is 1.30 bits per heavy atom. The molecule has 9 nitrogen and oxygen atoms in total. The van der Waals surface area contributed by atoms with Gasteiger partial charge in [-0.2, -0.15) is 0 Å². The van der Waals surface area contributed by atoms with Crippen LogP contribution in [0.1, 0.15) is 31.8 Å². The SMILES string of the molecule is O=C(O)c1ccccc1C(=O)c1ccc(O)c(N=Nc2c(O)ccc3cccc(N=C(O)c4ccccc4)c23)c1. The number of aromatic carboxylic acids is 1. The highest BCUT2D eigenvalue weighted by molar-refractivity contribution is 6.14. The Labute approximate surface area is 227 Å². The summed E-state index contributed by atoms with van der Waals surface area (Å²) in [4.78, 5) is 29.0. The number of carboxylic acid groups (broad SMARTS) is 1. The van der Waals surface area contributed by atoms with Crippen molar-refractivity contribution in [1.82, 2.24) is 0 Å². The van der Waals surface area contributed by atoms with Crippen molar-refractivity contribution < 1.29 is 30.0 Å². The Hall–Kier alpha value is -5.83. The maximum absolute atomic E-state index is 13.1. The number of aliphatic hydroxyl groups is 1. The Kier molecular flexibility index (Phi) is 7.02. The first-order valence-electron chi connectivity index (χ1n) is 12.0. The lowest BCUT2D eigenvalue weighted by Gasteiger charge is -2.09. The molecule has 0 bridgehead atoms. The predicted molar refractivity (Wildman–Crippen MR) is 150 cm³/mol. The molecule has 196 valence electrons. The van der Waals surface area contributed by atoms with Crippen molar-refractivity contribution in [2.24, 2.45) is 15.2 Å². The van der Waals surface area contributed by atoms with Gasteiger partial charge in [-0.25, -0.2) is 9.79 Å². The van der Waals surface area contributed by atoms with Crippen LogP contribution in [0, 0.1) is 0 Å². The molecule has 5 aromatic rings. The summed E-state index contributed by atoms with van der Waals surface area (Å²) in [5.41, 5.74) is 0.682. The molecular weight excluding hydrogens is 510 g/mol. The lowest BCUT2D eigenvalue weighted by Crippen LogP contribution is -2.09. The fourth-order valence-corrected chi connectivity index (χ4v) is 4.16. The first-order valence-corrected chi connectivity index (χ1v) is 12.0. The summed E-state index contributed by atoms with van der Waals surface area (Å²) in [5.74, 6) is -2.56. The number of aliphatic imine (C=N–C) groups is 1. The van der Waals surface area contributed by atoms with E-state index < -0.39 is 11.8 Å². The number of phenolic OH excluding ortho intramolecular Hbond substituents is 2. The van der Waals surface area contributed by atoms with Crippen LogP contribution in [0.15, 0.2) is 118 Å². The minimum atomic E-state index is -1.24. The molecule has 0 aromatic heterocycles. The number of fused-ring (bicyclic) bond motifs is 1. The van der Waals surface area contributed by atoms with Gasteiger partial charge in [0, 0.05) is 22.1 Å². The minimum absolute atomic E-state index is 0.0176. The lowest BCUT2D eigenvalue weighted by molar-refractivity contribution is 0.0692. The number of azo groups is 1. The van der Waals surface area contributed by atoms with Gasteiger partial charge in [0.25, 0.3) is 0 Å². The lowest BCUT2D eigenvalue weighted by atomic mass is 9.98. The first kappa shape index (κ1) is 25.8. The summed E-state index contributed by atoms with van der Waals surface area (Å²) in [6.45, 7) is 0. The van der Waals surface area contributed by atoms with Crippen molar-refractivity contribution >= 4 is 45.5 Å². The van der Waals surface area contributed by atoms with Crippen molar-refractivity contribution in [3.05, 3.63) is 125 Å². The summed E-state index contributed by atoms with van der Waals surface area (Å²) < 4.78 is 0. The van der Waals surface area contributed by atoms with E-state index in [9.17, 15) is 30.0 Å². The van der Waals surface area contributed by atoms with Gasteiger partial charge in [-0.1, -0.05) is 54.6 Å². The molecule has 0 fully saturated rings. The fraction of sp³-hybridized carbons (Fsp3) is 0. The van der Waals surface area contributed by atoms with Crippen molar-refractivity contribution in [1.29, 1.82) is 0 Å². The van der Waals surface area contributed by atoms with E-state index in [-0.39, 0.29) is 45.5 Å². The molecule has 0 aliphatic rings. The summed E-state index contributed by atoms with van der Waals surface area (Å²) >= 11 is 0. The quantitative estimate of drug-likeness (QED) is 0.0752. The second kappa shape index (κ2) is 10.9. The molecule has 9 heteroatoms. The van der Waals surface area contributed by atoms with Crippen molar-refractivity contribution in [2.45, 2.75) is 0 Å². The highest BCUT2D eigenvalue weighted by atomic mass is 16.4. The summed E-state index contributed by atoms with van der Waals surface area (Å²) in [7, 11) is 0. The van der Waals surface area contributed by atoms with Crippen LogP contribution in [0.4, 0.5) is 17.1 Å². The zero-order valence-electron chi connectivity index (χ0n) is 20.8. The monoisotopic (exact) mass is 531 g/mol. The second-order valence-corrected chi connectivity index (χ2v) is 8.69. The number of carboxylic acids is 1. The van der Waals surface area contributed by atoms with Gasteiger partial charge in [0.2, 0.25) is 5.90 Å². The molecule has 0 spiro atoms. The number of carbonyl (C=O) groups excluding carboxylic acids is 1. The van der Waals surface area contributed by atoms with E-state index in [1.165, 1.54) is 42.5 Å². The smallest absolute Gasteiger partial charge is 0.336 e. The molecule has 0 saturated heterocycles. The van der Waals surface area contributed by atoms with E-state index in [2.05, 4.69) is 15.2 Å². The van der Waals surface area contributed by atoms with E-state index in [4.69, 9.17) is 0 Å². The minimum Gasteiger partial charge on any atom is -0.506 e. The molecule has 0 saturated carbocycles. The van der Waals surface area contributed by atoms with Crippen molar-refractivity contribution in [3.8, 4) is 11.5 Å². The molecule has 0 aliphatic carbocycles. The fourth-order valence-electron chi connectivity index (χ4n) is 4.16. The number of hydrogen-bond donors (Lipinski definition) is 4. The predicted octanol–water partition coefficient (Wildman–Crippen LogP) is 7.23. The van der Waals surface area contributed by atoms with Gasteiger partial charge < -0.3 is 20.4 Å². The van der Waals surface area contributed by atoms with E-state index in [0.717, 1.165) is 0 Å². The largest absolute Gasteiger partial charge is 0.506 e. The second-order valence-electron chi connectivity index (χ2n) is 8.69. The average molecular weight is 532 g/mol. The van der Waals surface area contributed by atoms with E-state index in [0.29, 0.717) is 22.0 Å². The van der Waals surface area contributed by atoms with Gasteiger partial charge in [-0.3, -0.25) is 4.79 Å². The Morgan fingerprint density at radius 3 is 2.05 bits per heavy atom. The molecule has 40 heavy (non-hydrogen) atoms. The van der Waals surface area contributed by atoms with Crippen LogP contribution in [0.3, 0.4) is 0 Å². The third kappa shape index (κ3) is 5.11. The van der Waals surface area contributed by atoms with Crippen molar-refractivity contribution in [3.63, 3.8) is 0 Å². The molecule has 5 aromatic carbocycles. The van der Waals surface area contributed by atoms with Crippen LogP contribution in [0.25, 0.3) is 10.8 Å². The van der Waals surface area contributed by atoms with Gasteiger partial charge in [0.1, 0.15) is 22.9 Å². The summed E-state index contributed by atoms with van der Waals surface area (Å²) in [5, 5.41) is 50.5. The number of aromatic hydroxyl groups is 2. The molecule has 5 rings (SSSR count). The van der Waals surface area contributed by atoms with E-state index >= 15 is 0 Å². The number of benzene rings is 5. The van der Waals surface area contributed by atoms with Gasteiger partial charge >= 0.3 is 5.97 Å². The maximum atomic E-state index is 13.1. The highest BCUT2D eigenvalue weighted by Gasteiger charge is 2.19. The Bertz CT molecular complexity index is 1830. The third-order valence-electron chi connectivity index (χ3n) is 6.13. The topological polar surface area (TPSA) is 152 Å². The molecule has 0 heterocycles. The number of carbonyl (C=O) groups is 2. The molecule has 0 radical (unpaired) electrons.